The third-order valence-electron chi connectivity index (χ3n) is 5.94. The lowest BCUT2D eigenvalue weighted by Crippen LogP contribution is -2.43. The van der Waals surface area contributed by atoms with Crippen LogP contribution in [0.5, 0.6) is 0 Å². The van der Waals surface area contributed by atoms with E-state index in [-0.39, 0.29) is 17.9 Å². The van der Waals surface area contributed by atoms with Gasteiger partial charge in [0.25, 0.3) is 0 Å². The van der Waals surface area contributed by atoms with Crippen LogP contribution in [0.15, 0.2) is 41.3 Å². The molecule has 0 unspecified atom stereocenters. The maximum absolute atomic E-state index is 12.8. The lowest BCUT2D eigenvalue weighted by molar-refractivity contribution is -0.140. The number of fused-ring (bicyclic) bond motifs is 2. The van der Waals surface area contributed by atoms with Crippen molar-refractivity contribution in [3.8, 4) is 0 Å². The van der Waals surface area contributed by atoms with Crippen molar-refractivity contribution in [1.82, 2.24) is 4.72 Å². The van der Waals surface area contributed by atoms with Gasteiger partial charge < -0.3 is 4.74 Å². The van der Waals surface area contributed by atoms with Crippen molar-refractivity contribution in [1.29, 1.82) is 0 Å². The highest BCUT2D eigenvalue weighted by atomic mass is 32.2. The first-order valence-corrected chi connectivity index (χ1v) is 11.2. The van der Waals surface area contributed by atoms with Crippen molar-refractivity contribution in [3.05, 3.63) is 42.0 Å². The zero-order valence-corrected chi connectivity index (χ0v) is 16.9. The van der Waals surface area contributed by atoms with E-state index in [0.717, 1.165) is 31.2 Å². The van der Waals surface area contributed by atoms with Gasteiger partial charge in [-0.3, -0.25) is 4.79 Å². The largest absolute Gasteiger partial charge is 0.469 e. The molecule has 0 aliphatic heterocycles. The summed E-state index contributed by atoms with van der Waals surface area (Å²) in [7, 11) is -2.11. The fourth-order valence-corrected chi connectivity index (χ4v) is 5.81. The van der Waals surface area contributed by atoms with Crippen LogP contribution in [0.25, 0.3) is 0 Å². The number of benzene rings is 1. The van der Waals surface area contributed by atoms with E-state index in [4.69, 9.17) is 0 Å². The van der Waals surface area contributed by atoms with Gasteiger partial charge in [0.05, 0.1) is 12.0 Å². The predicted octanol–water partition coefficient (Wildman–Crippen LogP) is 3.59. The Bertz CT molecular complexity index is 785. The van der Waals surface area contributed by atoms with Gasteiger partial charge >= 0.3 is 5.97 Å². The Morgan fingerprint density at radius 1 is 1.22 bits per heavy atom. The molecule has 148 valence electrons. The highest BCUT2D eigenvalue weighted by Gasteiger charge is 2.47. The van der Waals surface area contributed by atoms with Gasteiger partial charge in [0.15, 0.2) is 0 Å². The van der Waals surface area contributed by atoms with Gasteiger partial charge in [0.2, 0.25) is 10.0 Å². The quantitative estimate of drug-likeness (QED) is 0.418. The Morgan fingerprint density at radius 3 is 2.63 bits per heavy atom. The van der Waals surface area contributed by atoms with Crippen LogP contribution in [-0.2, 0) is 19.6 Å². The minimum atomic E-state index is -3.51. The average molecular weight is 392 g/mol. The monoisotopic (exact) mass is 391 g/mol. The molecule has 5 nitrogen and oxygen atoms in total. The van der Waals surface area contributed by atoms with E-state index in [1.54, 1.807) is 12.1 Å². The summed E-state index contributed by atoms with van der Waals surface area (Å²) in [4.78, 5) is 11.5. The summed E-state index contributed by atoms with van der Waals surface area (Å²) in [5, 5.41) is 0. The van der Waals surface area contributed by atoms with E-state index in [1.165, 1.54) is 13.5 Å². The van der Waals surface area contributed by atoms with Crippen molar-refractivity contribution < 1.29 is 17.9 Å². The van der Waals surface area contributed by atoms with Crippen molar-refractivity contribution in [2.24, 2.45) is 17.8 Å². The molecular formula is C21H29NO4S. The molecule has 0 saturated heterocycles. The third kappa shape index (κ3) is 4.79. The fourth-order valence-electron chi connectivity index (χ4n) is 4.47. The first-order valence-electron chi connectivity index (χ1n) is 9.73. The first kappa shape index (κ1) is 20.1. The Kier molecular flexibility index (Phi) is 6.37. The number of hydrogen-bond acceptors (Lipinski definition) is 4. The van der Waals surface area contributed by atoms with Gasteiger partial charge in [-0.05, 0) is 68.9 Å². The number of carbonyl (C=O) groups is 1. The molecular weight excluding hydrogens is 362 g/mol. The second kappa shape index (κ2) is 8.57. The van der Waals surface area contributed by atoms with Gasteiger partial charge in [-0.1, -0.05) is 29.8 Å². The van der Waals surface area contributed by atoms with Gasteiger partial charge in [-0.15, -0.1) is 0 Å². The molecule has 2 aliphatic carbocycles. The molecule has 0 amide bonds. The van der Waals surface area contributed by atoms with E-state index >= 15 is 0 Å². The lowest BCUT2D eigenvalue weighted by Gasteiger charge is -2.29. The summed E-state index contributed by atoms with van der Waals surface area (Å²) < 4.78 is 33.3. The minimum Gasteiger partial charge on any atom is -0.469 e. The zero-order chi connectivity index (χ0) is 19.4. The molecule has 1 N–H and O–H groups in total. The number of unbranched alkanes of at least 4 members (excludes halogenated alkanes) is 1. The normalized spacial score (nSPS) is 27.3. The maximum Gasteiger partial charge on any atom is 0.305 e. The number of rotatable bonds is 8. The van der Waals surface area contributed by atoms with Gasteiger partial charge in [0, 0.05) is 12.5 Å². The molecule has 4 atom stereocenters. The Balaban J connectivity index is 1.64. The molecule has 0 radical (unpaired) electrons. The van der Waals surface area contributed by atoms with Crippen molar-refractivity contribution in [2.75, 3.05) is 7.11 Å². The van der Waals surface area contributed by atoms with E-state index in [9.17, 15) is 13.2 Å². The maximum atomic E-state index is 12.8. The second-order valence-electron chi connectivity index (χ2n) is 7.77. The van der Waals surface area contributed by atoms with Crippen molar-refractivity contribution in [2.45, 2.75) is 56.4 Å². The van der Waals surface area contributed by atoms with Crippen LogP contribution in [-0.4, -0.2) is 27.5 Å². The number of hydrogen-bond donors (Lipinski definition) is 1. The predicted molar refractivity (Wildman–Crippen MR) is 105 cm³/mol. The molecule has 0 heterocycles. The number of ether oxygens (including phenoxy) is 1. The number of esters is 1. The van der Waals surface area contributed by atoms with Crippen molar-refractivity contribution >= 4 is 16.0 Å². The van der Waals surface area contributed by atoms with Gasteiger partial charge in [-0.25, -0.2) is 13.1 Å². The first-order chi connectivity index (χ1) is 12.9. The van der Waals surface area contributed by atoms with Crippen LogP contribution in [0.2, 0.25) is 0 Å². The van der Waals surface area contributed by atoms with Gasteiger partial charge in [-0.2, -0.15) is 0 Å². The Labute approximate surface area is 162 Å². The molecule has 2 bridgehead atoms. The summed E-state index contributed by atoms with van der Waals surface area (Å²) in [6.07, 6.45) is 9.61. The van der Waals surface area contributed by atoms with E-state index in [1.807, 2.05) is 19.1 Å². The van der Waals surface area contributed by atoms with E-state index < -0.39 is 10.0 Å². The summed E-state index contributed by atoms with van der Waals surface area (Å²) in [6, 6.07) is 6.96. The van der Waals surface area contributed by atoms with Crippen LogP contribution in [0, 0.1) is 24.7 Å². The lowest BCUT2D eigenvalue weighted by atomic mass is 9.84. The van der Waals surface area contributed by atoms with Crippen LogP contribution < -0.4 is 4.72 Å². The number of nitrogens with one attached hydrogen (secondary N) is 1. The Hall–Kier alpha value is -1.66. The van der Waals surface area contributed by atoms with Crippen molar-refractivity contribution in [3.63, 3.8) is 0 Å². The third-order valence-corrected chi connectivity index (χ3v) is 7.42. The second-order valence-corrected chi connectivity index (χ2v) is 9.48. The molecule has 3 rings (SSSR count). The van der Waals surface area contributed by atoms with Crippen LogP contribution in [0.4, 0.5) is 0 Å². The van der Waals surface area contributed by atoms with Crippen LogP contribution >= 0.6 is 0 Å². The molecule has 0 spiro atoms. The molecule has 6 heteroatoms. The number of methoxy groups -OCH3 is 1. The summed E-state index contributed by atoms with van der Waals surface area (Å²) >= 11 is 0. The molecule has 1 aromatic rings. The minimum absolute atomic E-state index is 0.0353. The highest BCUT2D eigenvalue weighted by molar-refractivity contribution is 7.89. The number of aryl methyl sites for hydroxylation is 1. The van der Waals surface area contributed by atoms with Gasteiger partial charge in [0.1, 0.15) is 0 Å². The summed E-state index contributed by atoms with van der Waals surface area (Å²) in [6.45, 7) is 1.95. The molecule has 0 aromatic heterocycles. The number of carbonyl (C=O) groups excluding carboxylic acids is 1. The van der Waals surface area contributed by atoms with E-state index in [2.05, 4.69) is 21.6 Å². The SMILES string of the molecule is COC(=O)CCC/C=C\[C@H]1[C@@H]2CC[C@@H](C2)[C@@H]1NS(=O)(=O)c1ccc(C)cc1. The average Bonchev–Trinajstić information content (AvgIpc) is 3.23. The summed E-state index contributed by atoms with van der Waals surface area (Å²) in [5.41, 5.74) is 1.04. The summed E-state index contributed by atoms with van der Waals surface area (Å²) in [5.74, 6) is 1.02. The van der Waals surface area contributed by atoms with Crippen LogP contribution in [0.1, 0.15) is 44.1 Å². The zero-order valence-electron chi connectivity index (χ0n) is 16.1. The number of sulfonamides is 1. The van der Waals surface area contributed by atoms with E-state index in [0.29, 0.717) is 23.2 Å². The standard InChI is InChI=1S/C21H29NO4S/c1-15-8-12-18(13-9-15)27(24,25)22-21-17-11-10-16(14-17)19(21)6-4-3-5-7-20(23)26-2/h4,6,8-9,12-13,16-17,19,21-22H,3,5,7,10-11,14H2,1-2H3/b6-4-/t16-,17+,19+,21+/m1/s1. The highest BCUT2D eigenvalue weighted by Crippen LogP contribution is 2.49. The molecule has 1 aromatic carbocycles. The molecule has 2 aliphatic rings. The Morgan fingerprint density at radius 2 is 1.93 bits per heavy atom. The molecule has 27 heavy (non-hydrogen) atoms. The fraction of sp³-hybridized carbons (Fsp3) is 0.571. The topological polar surface area (TPSA) is 72.5 Å². The molecule has 2 saturated carbocycles. The number of allylic oxidation sites excluding steroid dienone is 1. The van der Waals surface area contributed by atoms with Crippen LogP contribution in [0.3, 0.4) is 0 Å². The smallest absolute Gasteiger partial charge is 0.305 e. The molecule has 2 fully saturated rings.